The highest BCUT2D eigenvalue weighted by atomic mass is 19.3. The Kier molecular flexibility index (Phi) is 5.05. The number of alkyl halides is 2. The number of amides is 2. The van der Waals surface area contributed by atoms with Crippen LogP contribution in [0.3, 0.4) is 0 Å². The van der Waals surface area contributed by atoms with Gasteiger partial charge < -0.3 is 15.2 Å². The molecule has 1 fully saturated rings. The van der Waals surface area contributed by atoms with Crippen molar-refractivity contribution in [3.8, 4) is 0 Å². The Morgan fingerprint density at radius 3 is 2.68 bits per heavy atom. The number of nitrogens with one attached hydrogen (secondary N) is 1. The fourth-order valence-electron chi connectivity index (χ4n) is 4.63. The number of fused-ring (bicyclic) bond motifs is 2. The van der Waals surface area contributed by atoms with Crippen LogP contribution in [-0.2, 0) is 20.9 Å². The second-order valence-corrected chi connectivity index (χ2v) is 9.03. The first-order chi connectivity index (χ1) is 16.1. The summed E-state index contributed by atoms with van der Waals surface area (Å²) in [5.74, 6) is -4.44. The quantitative estimate of drug-likeness (QED) is 0.584. The summed E-state index contributed by atoms with van der Waals surface area (Å²) < 4.78 is 37.0. The fraction of sp³-hybridized carbons (Fsp3) is 0.391. The second-order valence-electron chi connectivity index (χ2n) is 9.03. The van der Waals surface area contributed by atoms with Crippen LogP contribution in [-0.4, -0.2) is 44.9 Å². The van der Waals surface area contributed by atoms with Gasteiger partial charge in [-0.15, -0.1) is 5.10 Å². The molecule has 2 aromatic heterocycles. The summed E-state index contributed by atoms with van der Waals surface area (Å²) in [6, 6.07) is 9.29. The zero-order valence-corrected chi connectivity index (χ0v) is 18.6. The van der Waals surface area contributed by atoms with Gasteiger partial charge in [-0.1, -0.05) is 12.1 Å². The SMILES string of the molecule is CC1(C)C(=O)N(C(=O)O)c2cc(Nc3nc4cccc(C(F)(F)C5CCOCC5)n4n3)ccc21. The van der Waals surface area contributed by atoms with Crippen molar-refractivity contribution in [1.82, 2.24) is 14.6 Å². The molecule has 11 heteroatoms. The van der Waals surface area contributed by atoms with Crippen molar-refractivity contribution in [2.45, 2.75) is 38.0 Å². The van der Waals surface area contributed by atoms with Gasteiger partial charge in [-0.2, -0.15) is 13.8 Å². The predicted molar refractivity (Wildman–Crippen MR) is 119 cm³/mol. The van der Waals surface area contributed by atoms with Gasteiger partial charge in [-0.25, -0.2) is 14.2 Å². The number of carbonyl (C=O) groups excluding carboxylic acids is 1. The number of benzene rings is 1. The van der Waals surface area contributed by atoms with Crippen LogP contribution in [0.1, 0.15) is 37.9 Å². The minimum absolute atomic E-state index is 0.0700. The molecule has 2 aliphatic heterocycles. The minimum Gasteiger partial charge on any atom is -0.464 e. The number of nitrogens with zero attached hydrogens (tertiary/aromatic N) is 4. The number of carboxylic acid groups (broad SMARTS) is 1. The average Bonchev–Trinajstić information content (AvgIpc) is 3.29. The van der Waals surface area contributed by atoms with E-state index >= 15 is 8.78 Å². The van der Waals surface area contributed by atoms with Gasteiger partial charge >= 0.3 is 6.09 Å². The largest absolute Gasteiger partial charge is 0.464 e. The molecule has 0 spiro atoms. The van der Waals surface area contributed by atoms with E-state index in [4.69, 9.17) is 4.74 Å². The van der Waals surface area contributed by atoms with E-state index in [2.05, 4.69) is 15.4 Å². The molecule has 0 bridgehead atoms. The smallest absolute Gasteiger partial charge is 0.418 e. The summed E-state index contributed by atoms with van der Waals surface area (Å²) in [5.41, 5.74) is 0.240. The van der Waals surface area contributed by atoms with Crippen LogP contribution in [0.5, 0.6) is 0 Å². The lowest BCUT2D eigenvalue weighted by atomic mass is 9.86. The molecule has 0 saturated carbocycles. The zero-order chi connectivity index (χ0) is 24.3. The molecule has 2 N–H and O–H groups in total. The van der Waals surface area contributed by atoms with E-state index < -0.39 is 29.3 Å². The molecule has 2 aliphatic rings. The molecule has 4 heterocycles. The first kappa shape index (κ1) is 22.2. The van der Waals surface area contributed by atoms with Crippen LogP contribution >= 0.6 is 0 Å². The maximum absolute atomic E-state index is 15.3. The van der Waals surface area contributed by atoms with Crippen molar-refractivity contribution in [1.29, 1.82) is 0 Å². The number of hydrogen-bond donors (Lipinski definition) is 2. The molecule has 178 valence electrons. The molecule has 34 heavy (non-hydrogen) atoms. The zero-order valence-electron chi connectivity index (χ0n) is 18.6. The number of halogens is 2. The molecule has 5 rings (SSSR count). The van der Waals surface area contributed by atoms with E-state index in [-0.39, 0.29) is 35.8 Å². The Morgan fingerprint density at radius 1 is 1.24 bits per heavy atom. The van der Waals surface area contributed by atoms with Crippen LogP contribution in [0.25, 0.3) is 5.65 Å². The Morgan fingerprint density at radius 2 is 1.97 bits per heavy atom. The van der Waals surface area contributed by atoms with Crippen LogP contribution < -0.4 is 10.2 Å². The third-order valence-corrected chi connectivity index (χ3v) is 6.53. The Bertz CT molecular complexity index is 1300. The molecular weight excluding hydrogens is 448 g/mol. The third-order valence-electron chi connectivity index (χ3n) is 6.53. The standard InChI is InChI=1S/C23H23F2N5O4/c1-22(2)15-7-6-14(12-16(15)29(19(22)31)21(32)33)26-20-27-18-5-3-4-17(30(18)28-20)23(24,25)13-8-10-34-11-9-13/h3-7,12-13H,8-11H2,1-2H3,(H,26,28)(H,32,33). The predicted octanol–water partition coefficient (Wildman–Crippen LogP) is 4.29. The lowest BCUT2D eigenvalue weighted by molar-refractivity contribution is -0.121. The molecule has 0 radical (unpaired) electrons. The maximum atomic E-state index is 15.3. The van der Waals surface area contributed by atoms with E-state index in [1.165, 1.54) is 18.2 Å². The van der Waals surface area contributed by atoms with E-state index in [0.717, 1.165) is 4.52 Å². The first-order valence-electron chi connectivity index (χ1n) is 10.9. The van der Waals surface area contributed by atoms with Crippen molar-refractivity contribution in [3.63, 3.8) is 0 Å². The van der Waals surface area contributed by atoms with Crippen LogP contribution in [0, 0.1) is 5.92 Å². The third kappa shape index (κ3) is 3.38. The lowest BCUT2D eigenvalue weighted by Crippen LogP contribution is -2.39. The normalized spacial score (nSPS) is 18.4. The molecule has 0 unspecified atom stereocenters. The lowest BCUT2D eigenvalue weighted by Gasteiger charge is -2.30. The summed E-state index contributed by atoms with van der Waals surface area (Å²) >= 11 is 0. The Hall–Kier alpha value is -3.60. The van der Waals surface area contributed by atoms with Gasteiger partial charge in [0.2, 0.25) is 11.9 Å². The van der Waals surface area contributed by atoms with Crippen molar-refractivity contribution in [2.24, 2.45) is 5.92 Å². The highest BCUT2D eigenvalue weighted by Crippen LogP contribution is 2.43. The van der Waals surface area contributed by atoms with Crippen LogP contribution in [0.15, 0.2) is 36.4 Å². The highest BCUT2D eigenvalue weighted by molar-refractivity contribution is 6.20. The number of anilines is 3. The van der Waals surface area contributed by atoms with Crippen molar-refractivity contribution in [2.75, 3.05) is 23.4 Å². The summed E-state index contributed by atoms with van der Waals surface area (Å²) in [4.78, 5) is 29.3. The second kappa shape index (κ2) is 7.73. The fourth-order valence-corrected chi connectivity index (χ4v) is 4.63. The molecular formula is C23H23F2N5O4. The number of pyridine rings is 1. The van der Waals surface area contributed by atoms with E-state index in [9.17, 15) is 14.7 Å². The maximum Gasteiger partial charge on any atom is 0.418 e. The molecule has 1 saturated heterocycles. The summed E-state index contributed by atoms with van der Waals surface area (Å²) in [6.07, 6.45) is -0.860. The number of imide groups is 1. The summed E-state index contributed by atoms with van der Waals surface area (Å²) in [5, 5.41) is 16.7. The number of rotatable bonds is 4. The van der Waals surface area contributed by atoms with E-state index in [1.54, 1.807) is 32.0 Å². The molecule has 3 aromatic rings. The van der Waals surface area contributed by atoms with Crippen molar-refractivity contribution in [3.05, 3.63) is 47.7 Å². The van der Waals surface area contributed by atoms with Gasteiger partial charge in [0.15, 0.2) is 5.65 Å². The minimum atomic E-state index is -3.12. The number of aromatic nitrogens is 3. The van der Waals surface area contributed by atoms with Gasteiger partial charge in [0, 0.05) is 24.8 Å². The van der Waals surface area contributed by atoms with Gasteiger partial charge in [0.25, 0.3) is 5.92 Å². The van der Waals surface area contributed by atoms with Gasteiger partial charge in [0.05, 0.1) is 11.1 Å². The molecule has 9 nitrogen and oxygen atoms in total. The number of carbonyl (C=O) groups is 2. The Labute approximate surface area is 193 Å². The first-order valence-corrected chi connectivity index (χ1v) is 10.9. The van der Waals surface area contributed by atoms with Crippen molar-refractivity contribution >= 4 is 35.0 Å². The summed E-state index contributed by atoms with van der Waals surface area (Å²) in [6.45, 7) is 3.92. The monoisotopic (exact) mass is 471 g/mol. The summed E-state index contributed by atoms with van der Waals surface area (Å²) in [7, 11) is 0. The average molecular weight is 471 g/mol. The van der Waals surface area contributed by atoms with Gasteiger partial charge in [0.1, 0.15) is 5.69 Å². The molecule has 1 aromatic carbocycles. The van der Waals surface area contributed by atoms with Crippen LogP contribution in [0.4, 0.5) is 30.9 Å². The Balaban J connectivity index is 1.49. The van der Waals surface area contributed by atoms with E-state index in [1.807, 2.05) is 0 Å². The highest BCUT2D eigenvalue weighted by Gasteiger charge is 2.47. The molecule has 0 atom stereocenters. The number of hydrogen-bond acceptors (Lipinski definition) is 6. The topological polar surface area (TPSA) is 109 Å². The van der Waals surface area contributed by atoms with Gasteiger partial charge in [-0.3, -0.25) is 4.79 Å². The number of ether oxygens (including phenoxy) is 1. The molecule has 2 amide bonds. The van der Waals surface area contributed by atoms with Crippen molar-refractivity contribution < 1.29 is 28.2 Å². The molecule has 0 aliphatic carbocycles. The van der Waals surface area contributed by atoms with Gasteiger partial charge in [-0.05, 0) is 56.5 Å². The van der Waals surface area contributed by atoms with Crippen LogP contribution in [0.2, 0.25) is 0 Å². The van der Waals surface area contributed by atoms with E-state index in [0.29, 0.717) is 29.4 Å².